The van der Waals surface area contributed by atoms with Gasteiger partial charge in [-0.05, 0) is 6.92 Å². The lowest BCUT2D eigenvalue weighted by Crippen LogP contribution is -2.49. The molecule has 7 heteroatoms. The van der Waals surface area contributed by atoms with E-state index in [0.29, 0.717) is 24.6 Å². The molecule has 2 N–H and O–H groups in total. The second-order valence-electron chi connectivity index (χ2n) is 3.78. The number of aliphatic carboxylic acids is 1. The van der Waals surface area contributed by atoms with Gasteiger partial charge in [0.05, 0.1) is 6.42 Å². The third-order valence-electron chi connectivity index (χ3n) is 2.32. The number of carboxylic acids is 1. The predicted molar refractivity (Wildman–Crippen MR) is 59.7 cm³/mol. The first-order valence-corrected chi connectivity index (χ1v) is 6.60. The molecular formula is C9H16N2O4S. The molecule has 0 aromatic carbocycles. The third-order valence-corrected chi connectivity index (χ3v) is 3.59. The van der Waals surface area contributed by atoms with E-state index in [-0.39, 0.29) is 12.5 Å². The van der Waals surface area contributed by atoms with E-state index < -0.39 is 22.8 Å². The second-order valence-corrected chi connectivity index (χ2v) is 5.48. The van der Waals surface area contributed by atoms with E-state index >= 15 is 0 Å². The largest absolute Gasteiger partial charge is 0.481 e. The molecule has 1 unspecified atom stereocenters. The van der Waals surface area contributed by atoms with Gasteiger partial charge >= 0.3 is 12.0 Å². The lowest BCUT2D eigenvalue weighted by atomic mass is 10.2. The molecule has 0 aliphatic carbocycles. The van der Waals surface area contributed by atoms with Crippen molar-refractivity contribution in [3.05, 3.63) is 0 Å². The van der Waals surface area contributed by atoms with Crippen LogP contribution in [0.25, 0.3) is 0 Å². The summed E-state index contributed by atoms with van der Waals surface area (Å²) in [6.45, 7) is 2.59. The van der Waals surface area contributed by atoms with Gasteiger partial charge in [0.15, 0.2) is 0 Å². The maximum absolute atomic E-state index is 11.6. The fourth-order valence-corrected chi connectivity index (χ4v) is 2.51. The van der Waals surface area contributed by atoms with E-state index in [0.717, 1.165) is 0 Å². The van der Waals surface area contributed by atoms with Gasteiger partial charge in [-0.3, -0.25) is 9.00 Å². The Morgan fingerprint density at radius 1 is 1.44 bits per heavy atom. The Morgan fingerprint density at radius 3 is 2.50 bits per heavy atom. The number of rotatable bonds is 3. The van der Waals surface area contributed by atoms with Crippen molar-refractivity contribution < 1.29 is 18.9 Å². The second kappa shape index (κ2) is 5.83. The van der Waals surface area contributed by atoms with Gasteiger partial charge in [0, 0.05) is 41.4 Å². The summed E-state index contributed by atoms with van der Waals surface area (Å²) in [5.74, 6) is 0.0640. The van der Waals surface area contributed by atoms with Crippen LogP contribution in [-0.4, -0.2) is 56.9 Å². The first-order chi connectivity index (χ1) is 7.49. The van der Waals surface area contributed by atoms with Crippen LogP contribution < -0.4 is 5.32 Å². The summed E-state index contributed by atoms with van der Waals surface area (Å²) >= 11 is 0. The highest BCUT2D eigenvalue weighted by molar-refractivity contribution is 7.85. The van der Waals surface area contributed by atoms with E-state index in [2.05, 4.69) is 5.32 Å². The first-order valence-electron chi connectivity index (χ1n) is 5.11. The molecule has 1 atom stereocenters. The summed E-state index contributed by atoms with van der Waals surface area (Å²) in [6.07, 6.45) is -0.0918. The number of hydrogen-bond acceptors (Lipinski definition) is 3. The molecule has 1 heterocycles. The zero-order valence-electron chi connectivity index (χ0n) is 9.14. The number of hydrogen-bond donors (Lipinski definition) is 2. The number of carbonyl (C=O) groups is 2. The molecule has 0 aromatic rings. The van der Waals surface area contributed by atoms with Crippen molar-refractivity contribution in [1.29, 1.82) is 0 Å². The Morgan fingerprint density at radius 2 is 2.00 bits per heavy atom. The van der Waals surface area contributed by atoms with E-state index in [9.17, 15) is 13.8 Å². The van der Waals surface area contributed by atoms with E-state index in [4.69, 9.17) is 5.11 Å². The molecule has 1 aliphatic heterocycles. The zero-order valence-corrected chi connectivity index (χ0v) is 9.96. The normalized spacial score (nSPS) is 19.2. The fourth-order valence-electron chi connectivity index (χ4n) is 1.46. The van der Waals surface area contributed by atoms with Crippen LogP contribution in [-0.2, 0) is 15.6 Å². The smallest absolute Gasteiger partial charge is 0.317 e. The standard InChI is InChI=1S/C9H16N2O4S/c1-7(6-8(12)13)10-9(14)11-2-4-16(15)5-3-11/h7H,2-6H2,1H3,(H,10,14)(H,12,13). The Balaban J connectivity index is 2.34. The molecule has 0 bridgehead atoms. The average molecular weight is 248 g/mol. The summed E-state index contributed by atoms with van der Waals surface area (Å²) in [5.41, 5.74) is 0. The minimum absolute atomic E-state index is 0.0918. The number of nitrogens with one attached hydrogen (secondary N) is 1. The number of carboxylic acid groups (broad SMARTS) is 1. The topological polar surface area (TPSA) is 86.7 Å². The van der Waals surface area contributed by atoms with Gasteiger partial charge in [-0.15, -0.1) is 0 Å². The van der Waals surface area contributed by atoms with Crippen LogP contribution in [0.15, 0.2) is 0 Å². The molecule has 0 saturated carbocycles. The van der Waals surface area contributed by atoms with Crippen LogP contribution in [0.1, 0.15) is 13.3 Å². The van der Waals surface area contributed by atoms with Crippen LogP contribution >= 0.6 is 0 Å². The summed E-state index contributed by atoms with van der Waals surface area (Å²) in [5, 5.41) is 11.1. The van der Waals surface area contributed by atoms with Gasteiger partial charge in [-0.25, -0.2) is 4.79 Å². The Kier molecular flexibility index (Phi) is 4.72. The summed E-state index contributed by atoms with van der Waals surface area (Å²) in [7, 11) is -0.815. The third kappa shape index (κ3) is 4.18. The molecule has 1 rings (SSSR count). The maximum Gasteiger partial charge on any atom is 0.317 e. The van der Waals surface area contributed by atoms with Gasteiger partial charge in [-0.2, -0.15) is 0 Å². The predicted octanol–water partition coefficient (Wildman–Crippen LogP) is -0.376. The van der Waals surface area contributed by atoms with Crippen LogP contribution in [0.3, 0.4) is 0 Å². The van der Waals surface area contributed by atoms with E-state index in [1.165, 1.54) is 0 Å². The van der Waals surface area contributed by atoms with Crippen LogP contribution in [0.5, 0.6) is 0 Å². The van der Waals surface area contributed by atoms with Crippen molar-refractivity contribution in [3.63, 3.8) is 0 Å². The Bertz CT molecular complexity index is 298. The molecular weight excluding hydrogens is 232 g/mol. The number of urea groups is 1. The first kappa shape index (κ1) is 13.0. The Labute approximate surface area is 96.5 Å². The van der Waals surface area contributed by atoms with Crippen molar-refractivity contribution in [1.82, 2.24) is 10.2 Å². The monoisotopic (exact) mass is 248 g/mol. The molecule has 1 fully saturated rings. The minimum Gasteiger partial charge on any atom is -0.481 e. The lowest BCUT2D eigenvalue weighted by Gasteiger charge is -2.27. The molecule has 0 radical (unpaired) electrons. The van der Waals surface area contributed by atoms with Gasteiger partial charge < -0.3 is 15.3 Å². The summed E-state index contributed by atoms with van der Waals surface area (Å²) in [4.78, 5) is 23.6. The molecule has 1 saturated heterocycles. The van der Waals surface area contributed by atoms with E-state index in [1.54, 1.807) is 11.8 Å². The highest BCUT2D eigenvalue weighted by atomic mass is 32.2. The highest BCUT2D eigenvalue weighted by Crippen LogP contribution is 2.01. The molecule has 92 valence electrons. The van der Waals surface area contributed by atoms with Crippen molar-refractivity contribution >= 4 is 22.8 Å². The molecule has 16 heavy (non-hydrogen) atoms. The lowest BCUT2D eigenvalue weighted by molar-refractivity contribution is -0.137. The minimum atomic E-state index is -0.937. The SMILES string of the molecule is CC(CC(=O)O)NC(=O)N1CCS(=O)CC1. The molecule has 2 amide bonds. The number of carbonyl (C=O) groups excluding carboxylic acids is 1. The summed E-state index contributed by atoms with van der Waals surface area (Å²) < 4.78 is 11.1. The quantitative estimate of drug-likeness (QED) is 0.713. The van der Waals surface area contributed by atoms with Crippen molar-refractivity contribution in [2.75, 3.05) is 24.6 Å². The zero-order chi connectivity index (χ0) is 12.1. The van der Waals surface area contributed by atoms with Gasteiger partial charge in [0.2, 0.25) is 0 Å². The van der Waals surface area contributed by atoms with Crippen molar-refractivity contribution in [3.8, 4) is 0 Å². The molecule has 1 aliphatic rings. The van der Waals surface area contributed by atoms with Gasteiger partial charge in [0.1, 0.15) is 0 Å². The van der Waals surface area contributed by atoms with Crippen LogP contribution in [0, 0.1) is 0 Å². The van der Waals surface area contributed by atoms with E-state index in [1.807, 2.05) is 0 Å². The maximum atomic E-state index is 11.6. The van der Waals surface area contributed by atoms with Gasteiger partial charge in [-0.1, -0.05) is 0 Å². The molecule has 6 nitrogen and oxygen atoms in total. The van der Waals surface area contributed by atoms with Crippen molar-refractivity contribution in [2.45, 2.75) is 19.4 Å². The van der Waals surface area contributed by atoms with Gasteiger partial charge in [0.25, 0.3) is 0 Å². The number of nitrogens with zero attached hydrogens (tertiary/aromatic N) is 1. The van der Waals surface area contributed by atoms with Crippen molar-refractivity contribution in [2.24, 2.45) is 0 Å². The van der Waals surface area contributed by atoms with Crippen LogP contribution in [0.4, 0.5) is 4.79 Å². The highest BCUT2D eigenvalue weighted by Gasteiger charge is 2.21. The fraction of sp³-hybridized carbons (Fsp3) is 0.778. The average Bonchev–Trinajstić information content (AvgIpc) is 2.16. The number of amides is 2. The van der Waals surface area contributed by atoms with Crippen LogP contribution in [0.2, 0.25) is 0 Å². The molecule has 0 aromatic heterocycles. The molecule has 0 spiro atoms. The Hall–Kier alpha value is -1.11. The summed E-state index contributed by atoms with van der Waals surface area (Å²) in [6, 6.07) is -0.664.